The minimum atomic E-state index is 0.775. The molecule has 2 heterocycles. The van der Waals surface area contributed by atoms with Crippen LogP contribution in [-0.2, 0) is 13.5 Å². The Labute approximate surface area is 106 Å². The molecule has 2 aromatic rings. The van der Waals surface area contributed by atoms with Gasteiger partial charge in [-0.3, -0.25) is 4.68 Å². The second-order valence-corrected chi connectivity index (χ2v) is 5.37. The first-order chi connectivity index (χ1) is 7.15. The number of nitrogens with zero attached hydrogens (tertiary/aromatic N) is 2. The summed E-state index contributed by atoms with van der Waals surface area (Å²) in [5, 5.41) is 6.57. The predicted molar refractivity (Wildman–Crippen MR) is 73.0 cm³/mol. The number of nitrogen functional groups attached to an aromatic ring is 1. The van der Waals surface area contributed by atoms with Crippen molar-refractivity contribution >= 4 is 39.7 Å². The molecule has 0 fully saturated rings. The maximum Gasteiger partial charge on any atom is 0.125 e. The lowest BCUT2D eigenvalue weighted by Crippen LogP contribution is -1.98. The minimum absolute atomic E-state index is 0.775. The molecule has 0 spiro atoms. The Bertz CT molecular complexity index is 487. The molecule has 15 heavy (non-hydrogen) atoms. The first-order valence-electron chi connectivity index (χ1n) is 4.69. The van der Waals surface area contributed by atoms with Crippen LogP contribution in [0.5, 0.6) is 0 Å². The first-order valence-corrected chi connectivity index (χ1v) is 6.65. The van der Waals surface area contributed by atoms with E-state index in [9.17, 15) is 0 Å². The smallest absolute Gasteiger partial charge is 0.125 e. The zero-order chi connectivity index (χ0) is 11.0. The van der Waals surface area contributed by atoms with Crippen LogP contribution in [0.2, 0.25) is 0 Å². The first kappa shape index (κ1) is 10.9. The number of rotatable bonds is 2. The Morgan fingerprint density at radius 3 is 2.87 bits per heavy atom. The number of thiophene rings is 1. The third-order valence-electron chi connectivity index (χ3n) is 2.38. The Morgan fingerprint density at radius 1 is 1.60 bits per heavy atom. The molecule has 0 aliphatic rings. The van der Waals surface area contributed by atoms with Crippen molar-refractivity contribution in [2.24, 2.45) is 7.05 Å². The summed E-state index contributed by atoms with van der Waals surface area (Å²) in [5.41, 5.74) is 8.16. The Kier molecular flexibility index (Phi) is 3.01. The summed E-state index contributed by atoms with van der Waals surface area (Å²) in [6, 6.07) is 2.10. The topological polar surface area (TPSA) is 43.8 Å². The van der Waals surface area contributed by atoms with Gasteiger partial charge in [0.05, 0.1) is 4.88 Å². The highest BCUT2D eigenvalue weighted by molar-refractivity contribution is 14.1. The van der Waals surface area contributed by atoms with Gasteiger partial charge in [-0.25, -0.2) is 0 Å². The summed E-state index contributed by atoms with van der Waals surface area (Å²) in [5.74, 6) is 0.775. The molecule has 0 aliphatic carbocycles. The lowest BCUT2D eigenvalue weighted by atomic mass is 10.1. The van der Waals surface area contributed by atoms with Gasteiger partial charge in [0.15, 0.2) is 0 Å². The zero-order valence-corrected chi connectivity index (χ0v) is 11.6. The van der Waals surface area contributed by atoms with E-state index in [-0.39, 0.29) is 0 Å². The van der Waals surface area contributed by atoms with E-state index >= 15 is 0 Å². The molecule has 0 aliphatic heterocycles. The van der Waals surface area contributed by atoms with Gasteiger partial charge in [-0.2, -0.15) is 5.10 Å². The van der Waals surface area contributed by atoms with Crippen molar-refractivity contribution < 1.29 is 0 Å². The zero-order valence-electron chi connectivity index (χ0n) is 8.62. The highest BCUT2D eigenvalue weighted by Crippen LogP contribution is 2.34. The van der Waals surface area contributed by atoms with Gasteiger partial charge < -0.3 is 5.73 Å². The Hall–Kier alpha value is -0.560. The number of hydrogen-bond acceptors (Lipinski definition) is 3. The molecule has 0 atom stereocenters. The van der Waals surface area contributed by atoms with E-state index < -0.39 is 0 Å². The second-order valence-electron chi connectivity index (χ2n) is 3.29. The van der Waals surface area contributed by atoms with Gasteiger partial charge in [-0.1, -0.05) is 6.92 Å². The highest BCUT2D eigenvalue weighted by Gasteiger charge is 2.16. The number of nitrogens with two attached hydrogens (primary N) is 1. The molecule has 2 aromatic heterocycles. The average molecular weight is 333 g/mol. The number of hydrogen-bond donors (Lipinski definition) is 1. The molecule has 80 valence electrons. The van der Waals surface area contributed by atoms with Crippen molar-refractivity contribution in [3.63, 3.8) is 0 Å². The van der Waals surface area contributed by atoms with Crippen LogP contribution in [0.1, 0.15) is 12.5 Å². The van der Waals surface area contributed by atoms with E-state index in [1.165, 1.54) is 8.45 Å². The van der Waals surface area contributed by atoms with Crippen molar-refractivity contribution in [1.82, 2.24) is 9.78 Å². The monoisotopic (exact) mass is 333 g/mol. The van der Waals surface area contributed by atoms with Crippen molar-refractivity contribution in [3.05, 3.63) is 20.6 Å². The summed E-state index contributed by atoms with van der Waals surface area (Å²) in [6.45, 7) is 2.11. The van der Waals surface area contributed by atoms with E-state index in [4.69, 9.17) is 5.73 Å². The van der Waals surface area contributed by atoms with Gasteiger partial charge in [0.2, 0.25) is 0 Å². The fourth-order valence-electron chi connectivity index (χ4n) is 1.57. The van der Waals surface area contributed by atoms with Crippen LogP contribution in [0.25, 0.3) is 10.6 Å². The minimum Gasteiger partial charge on any atom is -0.384 e. The summed E-state index contributed by atoms with van der Waals surface area (Å²) in [6.07, 6.45) is 0.920. The maximum atomic E-state index is 5.97. The van der Waals surface area contributed by atoms with Crippen LogP contribution in [0, 0.1) is 3.57 Å². The molecule has 0 bridgehead atoms. The van der Waals surface area contributed by atoms with Gasteiger partial charge in [-0.15, -0.1) is 11.3 Å². The van der Waals surface area contributed by atoms with Crippen LogP contribution >= 0.6 is 33.9 Å². The second kappa shape index (κ2) is 4.13. The van der Waals surface area contributed by atoms with Crippen molar-refractivity contribution in [2.75, 3.05) is 5.73 Å². The fourth-order valence-corrected chi connectivity index (χ4v) is 3.43. The highest BCUT2D eigenvalue weighted by atomic mass is 127. The van der Waals surface area contributed by atoms with Crippen LogP contribution in [0.3, 0.4) is 0 Å². The number of aromatic nitrogens is 2. The molecule has 0 aromatic carbocycles. The average Bonchev–Trinajstić information content (AvgIpc) is 2.73. The van der Waals surface area contributed by atoms with Crippen molar-refractivity contribution in [1.29, 1.82) is 0 Å². The molecule has 0 unspecified atom stereocenters. The van der Waals surface area contributed by atoms with Gasteiger partial charge in [0.1, 0.15) is 11.5 Å². The van der Waals surface area contributed by atoms with Gasteiger partial charge in [0, 0.05) is 16.2 Å². The van der Waals surface area contributed by atoms with E-state index in [1.807, 2.05) is 7.05 Å². The number of aryl methyl sites for hydroxylation is 1. The molecule has 0 saturated heterocycles. The molecular formula is C10H12IN3S. The molecule has 0 radical (unpaired) electrons. The van der Waals surface area contributed by atoms with Crippen molar-refractivity contribution in [3.8, 4) is 10.6 Å². The third-order valence-corrected chi connectivity index (χ3v) is 4.57. The van der Waals surface area contributed by atoms with E-state index in [0.717, 1.165) is 23.5 Å². The lowest BCUT2D eigenvalue weighted by Gasteiger charge is -1.98. The third kappa shape index (κ3) is 1.78. The molecule has 3 nitrogen and oxygen atoms in total. The predicted octanol–water partition coefficient (Wildman–Crippen LogP) is 2.90. The Balaban J connectivity index is 2.63. The van der Waals surface area contributed by atoms with Crippen molar-refractivity contribution in [2.45, 2.75) is 13.3 Å². The standard InChI is InChI=1S/C10H12IN3S/c1-3-6-8(13-14(2)10(6)12)9-7(11)4-5-15-9/h4-5H,3,12H2,1-2H3. The van der Waals surface area contributed by atoms with Crippen LogP contribution < -0.4 is 5.73 Å². The van der Waals surface area contributed by atoms with Crippen LogP contribution in [-0.4, -0.2) is 9.78 Å². The van der Waals surface area contributed by atoms with E-state index in [1.54, 1.807) is 16.0 Å². The van der Waals surface area contributed by atoms with Crippen LogP contribution in [0.4, 0.5) is 5.82 Å². The molecule has 5 heteroatoms. The van der Waals surface area contributed by atoms with E-state index in [0.29, 0.717) is 0 Å². The molecule has 0 amide bonds. The number of halogens is 1. The molecule has 0 saturated carbocycles. The maximum absolute atomic E-state index is 5.97. The summed E-state index contributed by atoms with van der Waals surface area (Å²) < 4.78 is 3.00. The summed E-state index contributed by atoms with van der Waals surface area (Å²) in [7, 11) is 1.89. The fraction of sp³-hybridized carbons (Fsp3) is 0.300. The largest absolute Gasteiger partial charge is 0.384 e. The van der Waals surface area contributed by atoms with Crippen LogP contribution in [0.15, 0.2) is 11.4 Å². The summed E-state index contributed by atoms with van der Waals surface area (Å²) in [4.78, 5) is 1.22. The van der Waals surface area contributed by atoms with Gasteiger partial charge >= 0.3 is 0 Å². The number of anilines is 1. The lowest BCUT2D eigenvalue weighted by molar-refractivity contribution is 0.782. The van der Waals surface area contributed by atoms with Gasteiger partial charge in [0.25, 0.3) is 0 Å². The van der Waals surface area contributed by atoms with E-state index in [2.05, 4.69) is 46.1 Å². The summed E-state index contributed by atoms with van der Waals surface area (Å²) >= 11 is 4.05. The van der Waals surface area contributed by atoms with Gasteiger partial charge in [-0.05, 0) is 40.5 Å². The molecular weight excluding hydrogens is 321 g/mol. The quantitative estimate of drug-likeness (QED) is 0.859. The Morgan fingerprint density at radius 2 is 2.33 bits per heavy atom. The normalized spacial score (nSPS) is 10.9. The SMILES string of the molecule is CCc1c(-c2sccc2I)nn(C)c1N. The molecule has 2 N–H and O–H groups in total. The molecule has 2 rings (SSSR count).